The first kappa shape index (κ1) is 17.8. The molecule has 2 N–H and O–H groups in total. The Kier molecular flexibility index (Phi) is 7.33. The van der Waals surface area contributed by atoms with Crippen LogP contribution in [0.5, 0.6) is 0 Å². The van der Waals surface area contributed by atoms with E-state index in [1.807, 2.05) is 24.3 Å². The van der Waals surface area contributed by atoms with Crippen molar-refractivity contribution >= 4 is 27.0 Å². The number of nitrogens with one attached hydrogen (secondary N) is 1. The average molecular weight is 364 g/mol. The third-order valence-electron chi connectivity index (χ3n) is 3.16. The summed E-state index contributed by atoms with van der Waals surface area (Å²) in [6, 6.07) is 7.98. The molecule has 114 valence electrons. The van der Waals surface area contributed by atoms with Crippen molar-refractivity contribution in [3.05, 3.63) is 34.3 Å². The van der Waals surface area contributed by atoms with E-state index in [-0.39, 0.29) is 17.4 Å². The Morgan fingerprint density at radius 3 is 2.65 bits per heavy atom. The minimum atomic E-state index is -1.72. The largest absolute Gasteiger partial charge is 0.375 e. The maximum atomic E-state index is 10.6. The van der Waals surface area contributed by atoms with E-state index >= 15 is 0 Å². The van der Waals surface area contributed by atoms with E-state index in [0.29, 0.717) is 13.0 Å². The maximum Gasteiger partial charge on any atom is 0.152 e. The van der Waals surface area contributed by atoms with E-state index in [2.05, 4.69) is 35.1 Å². The van der Waals surface area contributed by atoms with Gasteiger partial charge in [-0.25, -0.2) is 4.21 Å². The van der Waals surface area contributed by atoms with Gasteiger partial charge in [0, 0.05) is 17.1 Å². The first-order chi connectivity index (χ1) is 9.38. The van der Waals surface area contributed by atoms with Crippen LogP contribution < -0.4 is 5.32 Å². The van der Waals surface area contributed by atoms with Crippen LogP contribution in [-0.2, 0) is 15.8 Å². The summed E-state index contributed by atoms with van der Waals surface area (Å²) in [5, 5.41) is 3.40. The standard InChI is InChI=1S/C14H22BrNO3S/c1-14(2,16-9-6-10-20(17)18)13(19-3)11-7-4-5-8-12(11)15/h4-5,7-8,13,16H,6,9-10H2,1-3H3,(H,17,18). The molecule has 2 atom stereocenters. The second kappa shape index (κ2) is 8.24. The fourth-order valence-corrected chi connectivity index (χ4v) is 3.08. The topological polar surface area (TPSA) is 58.6 Å². The van der Waals surface area contributed by atoms with Crippen molar-refractivity contribution in [3.63, 3.8) is 0 Å². The van der Waals surface area contributed by atoms with E-state index in [0.717, 1.165) is 10.0 Å². The van der Waals surface area contributed by atoms with Gasteiger partial charge in [-0.3, -0.25) is 0 Å². The Labute approximate surface area is 131 Å². The molecule has 0 saturated carbocycles. The van der Waals surface area contributed by atoms with Crippen molar-refractivity contribution in [1.82, 2.24) is 5.32 Å². The molecule has 2 unspecified atom stereocenters. The number of methoxy groups -OCH3 is 1. The van der Waals surface area contributed by atoms with E-state index < -0.39 is 11.1 Å². The van der Waals surface area contributed by atoms with Gasteiger partial charge in [-0.05, 0) is 38.4 Å². The van der Waals surface area contributed by atoms with E-state index in [4.69, 9.17) is 9.29 Å². The zero-order valence-electron chi connectivity index (χ0n) is 12.1. The highest BCUT2D eigenvalue weighted by Gasteiger charge is 2.31. The highest BCUT2D eigenvalue weighted by molar-refractivity contribution is 9.10. The van der Waals surface area contributed by atoms with Gasteiger partial charge in [-0.15, -0.1) is 0 Å². The van der Waals surface area contributed by atoms with Crippen LogP contribution in [0.3, 0.4) is 0 Å². The van der Waals surface area contributed by atoms with Crippen LogP contribution in [0.4, 0.5) is 0 Å². The van der Waals surface area contributed by atoms with Crippen LogP contribution in [0.15, 0.2) is 28.7 Å². The van der Waals surface area contributed by atoms with Crippen LogP contribution in [0.2, 0.25) is 0 Å². The predicted octanol–water partition coefficient (Wildman–Crippen LogP) is 3.12. The Hall–Kier alpha value is -0.270. The van der Waals surface area contributed by atoms with Gasteiger partial charge in [0.05, 0.1) is 5.75 Å². The first-order valence-electron chi connectivity index (χ1n) is 6.48. The minimum absolute atomic E-state index is 0.113. The lowest BCUT2D eigenvalue weighted by atomic mass is 9.91. The first-order valence-corrected chi connectivity index (χ1v) is 8.55. The van der Waals surface area contributed by atoms with Crippen LogP contribution in [0, 0.1) is 0 Å². The van der Waals surface area contributed by atoms with Crippen LogP contribution in [0.25, 0.3) is 0 Å². The summed E-state index contributed by atoms with van der Waals surface area (Å²) < 4.78 is 26.1. The molecule has 0 aliphatic heterocycles. The van der Waals surface area contributed by atoms with E-state index in [9.17, 15) is 4.21 Å². The Bertz CT molecular complexity index is 454. The second-order valence-corrected chi connectivity index (χ2v) is 7.07. The Morgan fingerprint density at radius 1 is 1.45 bits per heavy atom. The highest BCUT2D eigenvalue weighted by atomic mass is 79.9. The van der Waals surface area contributed by atoms with Gasteiger partial charge in [0.2, 0.25) is 0 Å². The van der Waals surface area contributed by atoms with Crippen molar-refractivity contribution in [1.29, 1.82) is 0 Å². The molecule has 0 spiro atoms. The van der Waals surface area contributed by atoms with Gasteiger partial charge in [0.1, 0.15) is 6.10 Å². The normalized spacial score (nSPS) is 15.1. The summed E-state index contributed by atoms with van der Waals surface area (Å²) in [6.45, 7) is 4.80. The third-order valence-corrected chi connectivity index (χ3v) is 4.52. The number of benzene rings is 1. The molecule has 20 heavy (non-hydrogen) atoms. The average Bonchev–Trinajstić information content (AvgIpc) is 2.37. The Morgan fingerprint density at radius 2 is 2.10 bits per heavy atom. The summed E-state index contributed by atoms with van der Waals surface area (Å²) in [7, 11) is 1.69. The predicted molar refractivity (Wildman–Crippen MR) is 86.2 cm³/mol. The molecule has 1 aromatic rings. The molecule has 1 aromatic carbocycles. The SMILES string of the molecule is COC(c1ccccc1Br)C(C)(C)NCCCS(=O)O. The highest BCUT2D eigenvalue weighted by Crippen LogP contribution is 2.33. The van der Waals surface area contributed by atoms with Crippen molar-refractivity contribution in [2.24, 2.45) is 0 Å². The molecule has 1 rings (SSSR count). The molecule has 0 bridgehead atoms. The lowest BCUT2D eigenvalue weighted by Crippen LogP contribution is -2.46. The van der Waals surface area contributed by atoms with Gasteiger partial charge < -0.3 is 14.6 Å². The van der Waals surface area contributed by atoms with Crippen LogP contribution >= 0.6 is 15.9 Å². The maximum absolute atomic E-state index is 10.6. The lowest BCUT2D eigenvalue weighted by Gasteiger charge is -2.35. The van der Waals surface area contributed by atoms with Gasteiger partial charge in [0.25, 0.3) is 0 Å². The smallest absolute Gasteiger partial charge is 0.152 e. The molecule has 6 heteroatoms. The number of halogens is 1. The van der Waals surface area contributed by atoms with Crippen molar-refractivity contribution < 1.29 is 13.5 Å². The molecule has 0 heterocycles. The fraction of sp³-hybridized carbons (Fsp3) is 0.571. The second-order valence-electron chi connectivity index (χ2n) is 5.16. The fourth-order valence-electron chi connectivity index (χ4n) is 2.20. The molecule has 0 aliphatic carbocycles. The van der Waals surface area contributed by atoms with Crippen LogP contribution in [-0.4, -0.2) is 33.7 Å². The third kappa shape index (κ3) is 5.26. The number of hydrogen-bond donors (Lipinski definition) is 2. The number of rotatable bonds is 8. The molecule has 0 fully saturated rings. The molecule has 4 nitrogen and oxygen atoms in total. The molecule has 0 aromatic heterocycles. The molecular formula is C14H22BrNO3S. The monoisotopic (exact) mass is 363 g/mol. The molecule has 0 aliphatic rings. The van der Waals surface area contributed by atoms with E-state index in [1.165, 1.54) is 0 Å². The van der Waals surface area contributed by atoms with Crippen molar-refractivity contribution in [3.8, 4) is 0 Å². The molecule has 0 saturated heterocycles. The Balaban J connectivity index is 2.72. The molecule has 0 amide bonds. The number of ether oxygens (including phenoxy) is 1. The summed E-state index contributed by atoms with van der Waals surface area (Å²) in [5.41, 5.74) is 0.800. The molecular weight excluding hydrogens is 342 g/mol. The summed E-state index contributed by atoms with van der Waals surface area (Å²) in [4.78, 5) is 0. The summed E-state index contributed by atoms with van der Waals surface area (Å²) in [6.07, 6.45) is 0.538. The van der Waals surface area contributed by atoms with Crippen molar-refractivity contribution in [2.75, 3.05) is 19.4 Å². The zero-order chi connectivity index (χ0) is 15.2. The quantitative estimate of drug-likeness (QED) is 0.550. The number of hydrogen-bond acceptors (Lipinski definition) is 3. The van der Waals surface area contributed by atoms with Gasteiger partial charge in [-0.1, -0.05) is 34.1 Å². The van der Waals surface area contributed by atoms with Gasteiger partial charge in [0.15, 0.2) is 11.1 Å². The summed E-state index contributed by atoms with van der Waals surface area (Å²) in [5.74, 6) is 0.287. The van der Waals surface area contributed by atoms with Crippen molar-refractivity contribution in [2.45, 2.75) is 31.9 Å². The van der Waals surface area contributed by atoms with Crippen LogP contribution in [0.1, 0.15) is 31.9 Å². The zero-order valence-corrected chi connectivity index (χ0v) is 14.5. The summed E-state index contributed by atoms with van der Waals surface area (Å²) >= 11 is 1.83. The minimum Gasteiger partial charge on any atom is -0.375 e. The lowest BCUT2D eigenvalue weighted by molar-refractivity contribution is 0.0309. The molecule has 0 radical (unpaired) electrons. The van der Waals surface area contributed by atoms with Gasteiger partial charge >= 0.3 is 0 Å². The van der Waals surface area contributed by atoms with E-state index in [1.54, 1.807) is 7.11 Å². The van der Waals surface area contributed by atoms with Gasteiger partial charge in [-0.2, -0.15) is 0 Å².